The lowest BCUT2D eigenvalue weighted by atomic mass is 9.66. The molecule has 2 unspecified atom stereocenters. The van der Waals surface area contributed by atoms with Crippen LogP contribution in [0.4, 0.5) is 0 Å². The summed E-state index contributed by atoms with van der Waals surface area (Å²) in [6.07, 6.45) is 26.0. The highest BCUT2D eigenvalue weighted by Gasteiger charge is 2.38. The first-order valence-electron chi connectivity index (χ1n) is 16.3. The SMILES string of the molecule is CCCCCCCCCCCCCCCCn1ccnc1C(CC)C(C)(Cc1ccccc1)c1ccccc1. The van der Waals surface area contributed by atoms with Crippen molar-refractivity contribution in [3.63, 3.8) is 0 Å². The van der Waals surface area contributed by atoms with E-state index in [0.29, 0.717) is 5.92 Å². The minimum atomic E-state index is -0.0179. The van der Waals surface area contributed by atoms with Gasteiger partial charge in [-0.25, -0.2) is 4.98 Å². The summed E-state index contributed by atoms with van der Waals surface area (Å²) in [5.41, 5.74) is 2.79. The Kier molecular flexibility index (Phi) is 14.5. The van der Waals surface area contributed by atoms with Gasteiger partial charge in [0, 0.05) is 30.3 Å². The molecule has 0 saturated heterocycles. The van der Waals surface area contributed by atoms with Crippen molar-refractivity contribution in [2.24, 2.45) is 0 Å². The van der Waals surface area contributed by atoms with Crippen molar-refractivity contribution < 1.29 is 0 Å². The largest absolute Gasteiger partial charge is 0.335 e. The Balaban J connectivity index is 1.47. The van der Waals surface area contributed by atoms with E-state index in [1.165, 1.54) is 107 Å². The molecule has 0 amide bonds. The van der Waals surface area contributed by atoms with Crippen molar-refractivity contribution in [2.45, 2.75) is 141 Å². The highest BCUT2D eigenvalue weighted by atomic mass is 15.1. The fourth-order valence-corrected chi connectivity index (χ4v) is 6.48. The van der Waals surface area contributed by atoms with E-state index in [9.17, 15) is 0 Å². The Morgan fingerprint density at radius 3 is 1.72 bits per heavy atom. The maximum atomic E-state index is 4.97. The molecule has 2 nitrogen and oxygen atoms in total. The summed E-state index contributed by atoms with van der Waals surface area (Å²) < 4.78 is 2.46. The van der Waals surface area contributed by atoms with Gasteiger partial charge in [-0.05, 0) is 30.4 Å². The van der Waals surface area contributed by atoms with Crippen LogP contribution in [0.5, 0.6) is 0 Å². The lowest BCUT2D eigenvalue weighted by molar-refractivity contribution is 0.338. The summed E-state index contributed by atoms with van der Waals surface area (Å²) >= 11 is 0. The van der Waals surface area contributed by atoms with E-state index in [1.807, 2.05) is 6.20 Å². The Hall–Kier alpha value is -2.35. The number of hydrogen-bond acceptors (Lipinski definition) is 1. The van der Waals surface area contributed by atoms with E-state index in [2.05, 4.69) is 92.2 Å². The third kappa shape index (κ3) is 10.3. The Bertz CT molecular complexity index is 993. The number of imidazole rings is 1. The normalized spacial score (nSPS) is 13.8. The molecule has 2 aromatic carbocycles. The molecule has 0 fully saturated rings. The third-order valence-corrected chi connectivity index (χ3v) is 8.84. The predicted molar refractivity (Wildman–Crippen MR) is 170 cm³/mol. The summed E-state index contributed by atoms with van der Waals surface area (Å²) in [6.45, 7) is 8.17. The molecule has 39 heavy (non-hydrogen) atoms. The van der Waals surface area contributed by atoms with Gasteiger partial charge >= 0.3 is 0 Å². The fraction of sp³-hybridized carbons (Fsp3) is 0.595. The van der Waals surface area contributed by atoms with Gasteiger partial charge in [0.25, 0.3) is 0 Å². The number of benzene rings is 2. The van der Waals surface area contributed by atoms with Crippen LogP contribution in [-0.2, 0) is 18.4 Å². The molecular weight excluding hydrogens is 472 g/mol. The molecule has 1 heterocycles. The molecule has 0 radical (unpaired) electrons. The lowest BCUT2D eigenvalue weighted by Gasteiger charge is -2.38. The van der Waals surface area contributed by atoms with Gasteiger partial charge in [-0.15, -0.1) is 0 Å². The van der Waals surface area contributed by atoms with Gasteiger partial charge in [-0.3, -0.25) is 0 Å². The molecule has 0 aliphatic heterocycles. The van der Waals surface area contributed by atoms with Gasteiger partial charge < -0.3 is 4.57 Å². The van der Waals surface area contributed by atoms with Crippen LogP contribution in [0.15, 0.2) is 73.1 Å². The van der Waals surface area contributed by atoms with Crippen molar-refractivity contribution in [1.29, 1.82) is 0 Å². The predicted octanol–water partition coefficient (Wildman–Crippen LogP) is 11.1. The molecule has 0 saturated carbocycles. The van der Waals surface area contributed by atoms with E-state index in [1.54, 1.807) is 0 Å². The van der Waals surface area contributed by atoms with Crippen molar-refractivity contribution in [2.75, 3.05) is 0 Å². The minimum Gasteiger partial charge on any atom is -0.335 e. The summed E-state index contributed by atoms with van der Waals surface area (Å²) in [4.78, 5) is 4.97. The van der Waals surface area contributed by atoms with E-state index < -0.39 is 0 Å². The third-order valence-electron chi connectivity index (χ3n) is 8.84. The molecule has 3 aromatic rings. The summed E-state index contributed by atoms with van der Waals surface area (Å²) in [5.74, 6) is 1.62. The molecular formula is C37H56N2. The molecule has 214 valence electrons. The molecule has 0 aliphatic carbocycles. The van der Waals surface area contributed by atoms with Crippen LogP contribution in [0.1, 0.15) is 140 Å². The number of unbranched alkanes of at least 4 members (excludes halogenated alkanes) is 13. The maximum Gasteiger partial charge on any atom is 0.112 e. The standard InChI is InChI=1S/C37H56N2/c1-4-6-7-8-9-10-11-12-13-14-15-16-17-24-30-39-31-29-38-36(39)35(5-2)37(3,34-27-22-19-23-28-34)32-33-25-20-18-21-26-33/h18-23,25-29,31,35H,4-17,24,30,32H2,1-3H3. The lowest BCUT2D eigenvalue weighted by Crippen LogP contribution is -2.34. The Labute approximate surface area is 240 Å². The van der Waals surface area contributed by atoms with E-state index in [0.717, 1.165) is 19.4 Å². The first-order chi connectivity index (χ1) is 19.2. The van der Waals surface area contributed by atoms with Gasteiger partial charge in [0.15, 0.2) is 0 Å². The second-order valence-electron chi connectivity index (χ2n) is 12.0. The molecule has 0 N–H and O–H groups in total. The number of nitrogens with zero attached hydrogens (tertiary/aromatic N) is 2. The molecule has 3 rings (SSSR count). The van der Waals surface area contributed by atoms with Crippen LogP contribution in [-0.4, -0.2) is 9.55 Å². The second kappa shape index (κ2) is 18.1. The summed E-state index contributed by atoms with van der Waals surface area (Å²) in [6, 6.07) is 22.1. The fourth-order valence-electron chi connectivity index (χ4n) is 6.48. The first-order valence-corrected chi connectivity index (χ1v) is 16.3. The van der Waals surface area contributed by atoms with E-state index >= 15 is 0 Å². The number of aryl methyl sites for hydroxylation is 1. The molecule has 0 aliphatic rings. The average molecular weight is 529 g/mol. The van der Waals surface area contributed by atoms with Gasteiger partial charge in [-0.2, -0.15) is 0 Å². The van der Waals surface area contributed by atoms with Crippen molar-refractivity contribution >= 4 is 0 Å². The van der Waals surface area contributed by atoms with E-state index in [-0.39, 0.29) is 5.41 Å². The molecule has 0 spiro atoms. The zero-order chi connectivity index (χ0) is 27.6. The molecule has 0 bridgehead atoms. The molecule has 2 heteroatoms. The number of aromatic nitrogens is 2. The zero-order valence-electron chi connectivity index (χ0n) is 25.4. The first kappa shape index (κ1) is 31.2. The van der Waals surface area contributed by atoms with Crippen LogP contribution < -0.4 is 0 Å². The second-order valence-corrected chi connectivity index (χ2v) is 12.0. The Morgan fingerprint density at radius 2 is 1.18 bits per heavy atom. The average Bonchev–Trinajstić information content (AvgIpc) is 3.42. The highest BCUT2D eigenvalue weighted by Crippen LogP contribution is 2.43. The van der Waals surface area contributed by atoms with Crippen molar-refractivity contribution in [3.05, 3.63) is 90.0 Å². The van der Waals surface area contributed by atoms with Crippen LogP contribution in [0.25, 0.3) is 0 Å². The topological polar surface area (TPSA) is 17.8 Å². The van der Waals surface area contributed by atoms with Gasteiger partial charge in [0.2, 0.25) is 0 Å². The minimum absolute atomic E-state index is 0.0179. The van der Waals surface area contributed by atoms with Crippen LogP contribution in [0, 0.1) is 0 Å². The highest BCUT2D eigenvalue weighted by molar-refractivity contribution is 5.33. The van der Waals surface area contributed by atoms with Crippen LogP contribution in [0.2, 0.25) is 0 Å². The quantitative estimate of drug-likeness (QED) is 0.126. The number of rotatable bonds is 21. The monoisotopic (exact) mass is 528 g/mol. The Morgan fingerprint density at radius 1 is 0.667 bits per heavy atom. The molecule has 2 atom stereocenters. The maximum absolute atomic E-state index is 4.97. The zero-order valence-corrected chi connectivity index (χ0v) is 25.4. The van der Waals surface area contributed by atoms with Crippen LogP contribution in [0.3, 0.4) is 0 Å². The van der Waals surface area contributed by atoms with Crippen molar-refractivity contribution in [1.82, 2.24) is 9.55 Å². The summed E-state index contributed by atoms with van der Waals surface area (Å²) in [5, 5.41) is 0. The van der Waals surface area contributed by atoms with E-state index in [4.69, 9.17) is 4.98 Å². The van der Waals surface area contributed by atoms with Crippen molar-refractivity contribution in [3.8, 4) is 0 Å². The van der Waals surface area contributed by atoms with Gasteiger partial charge in [0.1, 0.15) is 5.82 Å². The van der Waals surface area contributed by atoms with Crippen LogP contribution >= 0.6 is 0 Å². The summed E-state index contributed by atoms with van der Waals surface area (Å²) in [7, 11) is 0. The number of hydrogen-bond donors (Lipinski definition) is 0. The molecule has 1 aromatic heterocycles. The van der Waals surface area contributed by atoms with Gasteiger partial charge in [0.05, 0.1) is 0 Å². The smallest absolute Gasteiger partial charge is 0.112 e. The van der Waals surface area contributed by atoms with Gasteiger partial charge in [-0.1, -0.05) is 165 Å².